The van der Waals surface area contributed by atoms with Crippen molar-refractivity contribution in [2.75, 3.05) is 13.2 Å². The van der Waals surface area contributed by atoms with Crippen LogP contribution >= 0.6 is 0 Å². The fourth-order valence-corrected chi connectivity index (χ4v) is 2.44. The molecule has 18 heavy (non-hydrogen) atoms. The first kappa shape index (κ1) is 15.4. The standard InChI is InChI=1S/C14H27NO3/c1-5-15-14(12(16)17)7-6-11(10-14)18-9-8-13(2,3)4/h11,15H,5-10H2,1-4H3,(H,16,17). The number of aliphatic carboxylic acids is 1. The van der Waals surface area contributed by atoms with Crippen molar-refractivity contribution in [3.8, 4) is 0 Å². The molecule has 106 valence electrons. The smallest absolute Gasteiger partial charge is 0.323 e. The molecule has 0 bridgehead atoms. The lowest BCUT2D eigenvalue weighted by atomic mass is 9.93. The van der Waals surface area contributed by atoms with Gasteiger partial charge in [0.25, 0.3) is 0 Å². The highest BCUT2D eigenvalue weighted by Gasteiger charge is 2.45. The molecule has 2 atom stereocenters. The third-order valence-electron chi connectivity index (χ3n) is 3.60. The van der Waals surface area contributed by atoms with Crippen molar-refractivity contribution in [1.82, 2.24) is 5.32 Å². The van der Waals surface area contributed by atoms with Crippen molar-refractivity contribution in [3.63, 3.8) is 0 Å². The maximum absolute atomic E-state index is 11.4. The molecule has 1 fully saturated rings. The molecule has 4 heteroatoms. The average Bonchev–Trinajstić information content (AvgIpc) is 2.61. The monoisotopic (exact) mass is 257 g/mol. The first-order chi connectivity index (χ1) is 8.29. The molecule has 0 amide bonds. The molecule has 1 aliphatic rings. The summed E-state index contributed by atoms with van der Waals surface area (Å²) < 4.78 is 5.83. The Hall–Kier alpha value is -0.610. The van der Waals surface area contributed by atoms with Gasteiger partial charge in [-0.3, -0.25) is 4.79 Å². The number of carbonyl (C=O) groups is 1. The summed E-state index contributed by atoms with van der Waals surface area (Å²) in [7, 11) is 0. The number of hydrogen-bond acceptors (Lipinski definition) is 3. The molecule has 2 unspecified atom stereocenters. The highest BCUT2D eigenvalue weighted by atomic mass is 16.5. The predicted octanol–water partition coefficient (Wildman–Crippen LogP) is 2.42. The molecular weight excluding hydrogens is 230 g/mol. The minimum absolute atomic E-state index is 0.0856. The summed E-state index contributed by atoms with van der Waals surface area (Å²) in [6, 6.07) is 0. The van der Waals surface area contributed by atoms with Crippen LogP contribution in [0.5, 0.6) is 0 Å². The molecule has 0 heterocycles. The van der Waals surface area contributed by atoms with E-state index in [0.29, 0.717) is 19.4 Å². The van der Waals surface area contributed by atoms with Gasteiger partial charge in [-0.15, -0.1) is 0 Å². The van der Waals surface area contributed by atoms with E-state index in [1.807, 2.05) is 6.92 Å². The number of rotatable bonds is 6. The van der Waals surface area contributed by atoms with Gasteiger partial charge in [0.15, 0.2) is 0 Å². The van der Waals surface area contributed by atoms with E-state index < -0.39 is 11.5 Å². The van der Waals surface area contributed by atoms with E-state index in [4.69, 9.17) is 4.74 Å². The lowest BCUT2D eigenvalue weighted by molar-refractivity contribution is -0.145. The minimum atomic E-state index is -0.763. The number of carboxylic acid groups (broad SMARTS) is 1. The molecular formula is C14H27NO3. The van der Waals surface area contributed by atoms with E-state index in [2.05, 4.69) is 26.1 Å². The van der Waals surface area contributed by atoms with Crippen LogP contribution < -0.4 is 5.32 Å². The summed E-state index contributed by atoms with van der Waals surface area (Å²) in [6.45, 7) is 9.90. The van der Waals surface area contributed by atoms with E-state index in [9.17, 15) is 9.90 Å². The molecule has 2 N–H and O–H groups in total. The van der Waals surface area contributed by atoms with Gasteiger partial charge >= 0.3 is 5.97 Å². The molecule has 1 rings (SSSR count). The summed E-state index contributed by atoms with van der Waals surface area (Å²) in [5.41, 5.74) is -0.495. The van der Waals surface area contributed by atoms with E-state index in [1.165, 1.54) is 0 Å². The van der Waals surface area contributed by atoms with E-state index in [-0.39, 0.29) is 11.5 Å². The summed E-state index contributed by atoms with van der Waals surface area (Å²) in [4.78, 5) is 11.4. The Labute approximate surface area is 110 Å². The maximum Gasteiger partial charge on any atom is 0.323 e. The third-order valence-corrected chi connectivity index (χ3v) is 3.60. The van der Waals surface area contributed by atoms with Crippen molar-refractivity contribution >= 4 is 5.97 Å². The Morgan fingerprint density at radius 2 is 2.17 bits per heavy atom. The second-order valence-corrected chi connectivity index (χ2v) is 6.46. The van der Waals surface area contributed by atoms with Crippen LogP contribution in [0.4, 0.5) is 0 Å². The van der Waals surface area contributed by atoms with Crippen molar-refractivity contribution < 1.29 is 14.6 Å². The summed E-state index contributed by atoms with van der Waals surface area (Å²) in [5.74, 6) is -0.744. The Kier molecular flexibility index (Phi) is 5.17. The molecule has 0 saturated heterocycles. The van der Waals surface area contributed by atoms with Gasteiger partial charge < -0.3 is 15.2 Å². The minimum Gasteiger partial charge on any atom is -0.480 e. The molecule has 1 aliphatic carbocycles. The van der Waals surface area contributed by atoms with Crippen LogP contribution in [0.3, 0.4) is 0 Å². The van der Waals surface area contributed by atoms with Gasteiger partial charge in [-0.1, -0.05) is 27.7 Å². The molecule has 4 nitrogen and oxygen atoms in total. The molecule has 0 aliphatic heterocycles. The van der Waals surface area contributed by atoms with Gasteiger partial charge in [0.05, 0.1) is 6.10 Å². The molecule has 0 radical (unpaired) electrons. The Morgan fingerprint density at radius 3 is 2.67 bits per heavy atom. The van der Waals surface area contributed by atoms with Crippen LogP contribution in [0.1, 0.15) is 53.4 Å². The highest BCUT2D eigenvalue weighted by Crippen LogP contribution is 2.32. The highest BCUT2D eigenvalue weighted by molar-refractivity contribution is 5.79. The topological polar surface area (TPSA) is 58.6 Å². The molecule has 1 saturated carbocycles. The summed E-state index contributed by atoms with van der Waals surface area (Å²) >= 11 is 0. The third kappa shape index (κ3) is 4.25. The first-order valence-electron chi connectivity index (χ1n) is 6.89. The fourth-order valence-electron chi connectivity index (χ4n) is 2.44. The van der Waals surface area contributed by atoms with E-state index >= 15 is 0 Å². The van der Waals surface area contributed by atoms with Crippen LogP contribution in [-0.4, -0.2) is 35.9 Å². The van der Waals surface area contributed by atoms with Crippen LogP contribution in [-0.2, 0) is 9.53 Å². The molecule has 0 spiro atoms. The zero-order valence-electron chi connectivity index (χ0n) is 12.1. The lowest BCUT2D eigenvalue weighted by Crippen LogP contribution is -2.50. The quantitative estimate of drug-likeness (QED) is 0.767. The zero-order chi connectivity index (χ0) is 13.8. The Balaban J connectivity index is 2.42. The van der Waals surface area contributed by atoms with Crippen molar-refractivity contribution in [3.05, 3.63) is 0 Å². The van der Waals surface area contributed by atoms with Gasteiger partial charge in [0, 0.05) is 13.0 Å². The van der Waals surface area contributed by atoms with Crippen LogP contribution in [0.15, 0.2) is 0 Å². The Morgan fingerprint density at radius 1 is 1.50 bits per heavy atom. The van der Waals surface area contributed by atoms with Crippen LogP contribution in [0, 0.1) is 5.41 Å². The second-order valence-electron chi connectivity index (χ2n) is 6.46. The number of ether oxygens (including phenoxy) is 1. The number of likely N-dealkylation sites (N-methyl/N-ethyl adjacent to an activating group) is 1. The summed E-state index contributed by atoms with van der Waals surface area (Å²) in [6.07, 6.45) is 3.17. The van der Waals surface area contributed by atoms with Gasteiger partial charge in [-0.2, -0.15) is 0 Å². The summed E-state index contributed by atoms with van der Waals surface area (Å²) in [5, 5.41) is 12.5. The molecule has 0 aromatic rings. The van der Waals surface area contributed by atoms with Crippen molar-refractivity contribution in [2.24, 2.45) is 5.41 Å². The average molecular weight is 257 g/mol. The number of carboxylic acids is 1. The first-order valence-corrected chi connectivity index (χ1v) is 6.89. The van der Waals surface area contributed by atoms with Crippen molar-refractivity contribution in [2.45, 2.75) is 65.0 Å². The fraction of sp³-hybridized carbons (Fsp3) is 0.929. The largest absolute Gasteiger partial charge is 0.480 e. The lowest BCUT2D eigenvalue weighted by Gasteiger charge is -2.25. The van der Waals surface area contributed by atoms with Gasteiger partial charge in [-0.05, 0) is 31.2 Å². The zero-order valence-corrected chi connectivity index (χ0v) is 12.1. The van der Waals surface area contributed by atoms with Crippen molar-refractivity contribution in [1.29, 1.82) is 0 Å². The predicted molar refractivity (Wildman–Crippen MR) is 71.7 cm³/mol. The van der Waals surface area contributed by atoms with Gasteiger partial charge in [0.1, 0.15) is 5.54 Å². The number of hydrogen-bond donors (Lipinski definition) is 2. The van der Waals surface area contributed by atoms with Gasteiger partial charge in [-0.25, -0.2) is 0 Å². The number of nitrogens with one attached hydrogen (secondary N) is 1. The molecule has 0 aromatic heterocycles. The van der Waals surface area contributed by atoms with Crippen LogP contribution in [0.2, 0.25) is 0 Å². The maximum atomic E-state index is 11.4. The molecule has 0 aromatic carbocycles. The Bertz CT molecular complexity index is 285. The van der Waals surface area contributed by atoms with E-state index in [0.717, 1.165) is 19.4 Å². The normalized spacial score (nSPS) is 28.6. The van der Waals surface area contributed by atoms with E-state index in [1.54, 1.807) is 0 Å². The van der Waals surface area contributed by atoms with Gasteiger partial charge in [0.2, 0.25) is 0 Å². The van der Waals surface area contributed by atoms with Crippen LogP contribution in [0.25, 0.3) is 0 Å². The second kappa shape index (κ2) is 6.02. The SMILES string of the molecule is CCNC1(C(=O)O)CCC(OCCC(C)(C)C)C1.